The summed E-state index contributed by atoms with van der Waals surface area (Å²) in [5.41, 5.74) is 1.78. The Balaban J connectivity index is 1.83. The van der Waals surface area contributed by atoms with Gasteiger partial charge in [0.2, 0.25) is 0 Å². The third-order valence-corrected chi connectivity index (χ3v) is 4.21. The monoisotopic (exact) mass is 320 g/mol. The summed E-state index contributed by atoms with van der Waals surface area (Å²) in [6.45, 7) is 4.52. The van der Waals surface area contributed by atoms with E-state index in [1.807, 2.05) is 24.3 Å². The molecule has 1 aliphatic carbocycles. The average molecular weight is 320 g/mol. The Morgan fingerprint density at radius 3 is 3.00 bits per heavy atom. The number of aliphatic hydroxyl groups is 1. The lowest BCUT2D eigenvalue weighted by Gasteiger charge is -2.26. The zero-order chi connectivity index (χ0) is 16.7. The molecule has 3 atom stereocenters. The van der Waals surface area contributed by atoms with Crippen molar-refractivity contribution in [3.05, 3.63) is 29.8 Å². The lowest BCUT2D eigenvalue weighted by molar-refractivity contribution is 0.00468. The van der Waals surface area contributed by atoms with Gasteiger partial charge in [0.1, 0.15) is 0 Å². The molecule has 2 amide bonds. The molecule has 5 heteroatoms. The van der Waals surface area contributed by atoms with Crippen molar-refractivity contribution in [3.8, 4) is 0 Å². The van der Waals surface area contributed by atoms with Gasteiger partial charge in [-0.1, -0.05) is 31.9 Å². The molecule has 0 spiro atoms. The fourth-order valence-electron chi connectivity index (χ4n) is 2.92. The van der Waals surface area contributed by atoms with Crippen molar-refractivity contribution < 1.29 is 14.6 Å². The quantitative estimate of drug-likeness (QED) is 0.753. The van der Waals surface area contributed by atoms with Crippen molar-refractivity contribution in [2.24, 2.45) is 5.92 Å². The third kappa shape index (κ3) is 6.20. The summed E-state index contributed by atoms with van der Waals surface area (Å²) in [6.07, 6.45) is 5.18. The molecule has 1 fully saturated rings. The maximum absolute atomic E-state index is 11.8. The van der Waals surface area contributed by atoms with Crippen LogP contribution in [0, 0.1) is 5.92 Å². The van der Waals surface area contributed by atoms with Gasteiger partial charge >= 0.3 is 6.03 Å². The number of ether oxygens (including phenoxy) is 1. The summed E-state index contributed by atoms with van der Waals surface area (Å²) in [6, 6.07) is 7.10. The number of benzene rings is 1. The summed E-state index contributed by atoms with van der Waals surface area (Å²) < 4.78 is 6.02. The predicted molar refractivity (Wildman–Crippen MR) is 91.4 cm³/mol. The van der Waals surface area contributed by atoms with Crippen LogP contribution >= 0.6 is 0 Å². The first-order valence-electron chi connectivity index (χ1n) is 8.45. The van der Waals surface area contributed by atoms with Crippen molar-refractivity contribution in [1.82, 2.24) is 5.32 Å². The van der Waals surface area contributed by atoms with Crippen LogP contribution in [0.15, 0.2) is 24.3 Å². The second kappa shape index (κ2) is 8.89. The third-order valence-electron chi connectivity index (χ3n) is 4.21. The lowest BCUT2D eigenvalue weighted by atomic mass is 9.89. The molecule has 1 aliphatic rings. The van der Waals surface area contributed by atoms with E-state index in [0.717, 1.165) is 30.0 Å². The maximum atomic E-state index is 11.8. The molecule has 3 N–H and O–H groups in total. The molecule has 1 aromatic carbocycles. The van der Waals surface area contributed by atoms with E-state index in [0.29, 0.717) is 12.7 Å². The van der Waals surface area contributed by atoms with Gasteiger partial charge in [0.25, 0.3) is 0 Å². The molecule has 0 bridgehead atoms. The second-order valence-corrected chi connectivity index (χ2v) is 6.59. The van der Waals surface area contributed by atoms with E-state index in [9.17, 15) is 4.79 Å². The van der Waals surface area contributed by atoms with Gasteiger partial charge in [-0.15, -0.1) is 0 Å². The highest BCUT2D eigenvalue weighted by Crippen LogP contribution is 2.26. The van der Waals surface area contributed by atoms with E-state index in [-0.39, 0.29) is 18.7 Å². The Bertz CT molecular complexity index is 507. The molecule has 5 nitrogen and oxygen atoms in total. The van der Waals surface area contributed by atoms with E-state index >= 15 is 0 Å². The molecule has 3 unspecified atom stereocenters. The van der Waals surface area contributed by atoms with Crippen LogP contribution in [-0.2, 0) is 11.3 Å². The van der Waals surface area contributed by atoms with E-state index in [1.165, 1.54) is 12.8 Å². The smallest absolute Gasteiger partial charge is 0.319 e. The molecule has 23 heavy (non-hydrogen) atoms. The number of hydrogen-bond acceptors (Lipinski definition) is 3. The topological polar surface area (TPSA) is 70.6 Å². The molecule has 0 heterocycles. The molecule has 0 aromatic heterocycles. The van der Waals surface area contributed by atoms with Crippen molar-refractivity contribution >= 4 is 11.7 Å². The second-order valence-electron chi connectivity index (χ2n) is 6.59. The van der Waals surface area contributed by atoms with E-state index in [1.54, 1.807) is 6.92 Å². The molecule has 0 aliphatic heterocycles. The number of carbonyl (C=O) groups is 1. The molecule has 128 valence electrons. The average Bonchev–Trinajstić information content (AvgIpc) is 2.53. The van der Waals surface area contributed by atoms with Gasteiger partial charge in [0.05, 0.1) is 25.4 Å². The number of aliphatic hydroxyl groups excluding tert-OH is 1. The highest BCUT2D eigenvalue weighted by atomic mass is 16.5. The molecule has 0 saturated heterocycles. The Kier molecular flexibility index (Phi) is 6.86. The number of anilines is 1. The lowest BCUT2D eigenvalue weighted by Crippen LogP contribution is -2.38. The molecular weight excluding hydrogens is 292 g/mol. The Morgan fingerprint density at radius 1 is 1.43 bits per heavy atom. The van der Waals surface area contributed by atoms with Crippen LogP contribution in [0.25, 0.3) is 0 Å². The number of carbonyl (C=O) groups excluding carboxylic acids is 1. The highest BCUT2D eigenvalue weighted by Gasteiger charge is 2.19. The van der Waals surface area contributed by atoms with Gasteiger partial charge in [-0.3, -0.25) is 0 Å². The number of hydrogen-bond donors (Lipinski definition) is 3. The normalized spacial score (nSPS) is 22.4. The van der Waals surface area contributed by atoms with Gasteiger partial charge < -0.3 is 20.5 Å². The molecule has 2 rings (SSSR count). The van der Waals surface area contributed by atoms with Crippen LogP contribution in [0.1, 0.15) is 45.1 Å². The van der Waals surface area contributed by atoms with Gasteiger partial charge in [0, 0.05) is 5.69 Å². The van der Waals surface area contributed by atoms with Crippen molar-refractivity contribution in [2.45, 2.75) is 58.3 Å². The predicted octanol–water partition coefficient (Wildman–Crippen LogP) is 3.28. The molecule has 1 saturated carbocycles. The first-order chi connectivity index (χ1) is 11.1. The van der Waals surface area contributed by atoms with Crippen molar-refractivity contribution in [3.63, 3.8) is 0 Å². The number of amides is 2. The van der Waals surface area contributed by atoms with Crippen LogP contribution in [-0.4, -0.2) is 29.9 Å². The Morgan fingerprint density at radius 2 is 2.26 bits per heavy atom. The summed E-state index contributed by atoms with van der Waals surface area (Å²) in [5, 5.41) is 14.4. The first kappa shape index (κ1) is 17.8. The van der Waals surface area contributed by atoms with E-state index < -0.39 is 0 Å². The minimum atomic E-state index is -0.314. The van der Waals surface area contributed by atoms with Crippen molar-refractivity contribution in [2.75, 3.05) is 11.9 Å². The number of urea groups is 1. The minimum Gasteiger partial charge on any atom is -0.394 e. The molecule has 1 aromatic rings. The zero-order valence-corrected chi connectivity index (χ0v) is 14.0. The SMILES string of the molecule is CC1CCCC(OCc2cccc(NC(=O)NC(C)CO)c2)C1. The molecular formula is C18H28N2O3. The zero-order valence-electron chi connectivity index (χ0n) is 14.0. The standard InChI is InChI=1S/C18H28N2O3/c1-13-5-3-8-17(9-13)23-12-15-6-4-7-16(10-15)20-18(22)19-14(2)11-21/h4,6-7,10,13-14,17,21H,3,5,8-9,11-12H2,1-2H3,(H2,19,20,22). The fourth-order valence-corrected chi connectivity index (χ4v) is 2.92. The summed E-state index contributed by atoms with van der Waals surface area (Å²) in [7, 11) is 0. The van der Waals surface area contributed by atoms with E-state index in [2.05, 4.69) is 17.6 Å². The first-order valence-corrected chi connectivity index (χ1v) is 8.45. The minimum absolute atomic E-state index is 0.0822. The summed E-state index contributed by atoms with van der Waals surface area (Å²) in [4.78, 5) is 11.8. The van der Waals surface area contributed by atoms with Gasteiger partial charge in [-0.25, -0.2) is 4.79 Å². The summed E-state index contributed by atoms with van der Waals surface area (Å²) >= 11 is 0. The number of nitrogens with one attached hydrogen (secondary N) is 2. The largest absolute Gasteiger partial charge is 0.394 e. The summed E-state index contributed by atoms with van der Waals surface area (Å²) in [5.74, 6) is 0.749. The molecule has 0 radical (unpaired) electrons. The van der Waals surface area contributed by atoms with E-state index in [4.69, 9.17) is 9.84 Å². The Labute approximate surface area is 138 Å². The van der Waals surface area contributed by atoms with Gasteiger partial charge in [-0.05, 0) is 43.4 Å². The fraction of sp³-hybridized carbons (Fsp3) is 0.611. The van der Waals surface area contributed by atoms with Gasteiger partial charge in [0.15, 0.2) is 0 Å². The van der Waals surface area contributed by atoms with Crippen LogP contribution in [0.3, 0.4) is 0 Å². The van der Waals surface area contributed by atoms with Crippen LogP contribution in [0.5, 0.6) is 0 Å². The highest BCUT2D eigenvalue weighted by molar-refractivity contribution is 5.89. The van der Waals surface area contributed by atoms with Gasteiger partial charge in [-0.2, -0.15) is 0 Å². The van der Waals surface area contributed by atoms with Crippen molar-refractivity contribution in [1.29, 1.82) is 0 Å². The number of rotatable bonds is 6. The van der Waals surface area contributed by atoms with Crippen LogP contribution in [0.2, 0.25) is 0 Å². The van der Waals surface area contributed by atoms with Crippen LogP contribution < -0.4 is 10.6 Å². The Hall–Kier alpha value is -1.59. The maximum Gasteiger partial charge on any atom is 0.319 e. The van der Waals surface area contributed by atoms with Crippen LogP contribution in [0.4, 0.5) is 10.5 Å².